The highest BCUT2D eigenvalue weighted by molar-refractivity contribution is 6.30. The molecule has 1 unspecified atom stereocenters. The van der Waals surface area contributed by atoms with Crippen LogP contribution in [-0.4, -0.2) is 9.78 Å². The minimum absolute atomic E-state index is 0.0460. The van der Waals surface area contributed by atoms with Crippen LogP contribution < -0.4 is 0 Å². The maximum atomic E-state index is 14.7. The minimum Gasteiger partial charge on any atom is -0.367 e. The SMILES string of the molecule is N#Cc1ccc(COC(c2c3cc(F)c(F)cc3nn2-c2ccc(Cl)cc2)C2CCCCC2)c(F)c1. The Morgan fingerprint density at radius 1 is 0.972 bits per heavy atom. The van der Waals surface area contributed by atoms with Crippen LogP contribution in [0.3, 0.4) is 0 Å². The van der Waals surface area contributed by atoms with Crippen LogP contribution in [0.4, 0.5) is 13.2 Å². The average Bonchev–Trinajstić information content (AvgIpc) is 3.24. The number of nitriles is 1. The van der Waals surface area contributed by atoms with Gasteiger partial charge in [0, 0.05) is 22.0 Å². The topological polar surface area (TPSA) is 50.8 Å². The first-order valence-corrected chi connectivity index (χ1v) is 12.3. The molecule has 1 aromatic heterocycles. The standard InChI is InChI=1S/C28H23ClF3N3O/c29-20-8-10-21(11-9-20)35-27(22-13-24(31)25(32)14-26(22)34-35)28(18-4-2-1-3-5-18)36-16-19-7-6-17(15-33)12-23(19)30/h6-14,18,28H,1-5,16H2. The van der Waals surface area contributed by atoms with Crippen LogP contribution in [0.1, 0.15) is 55.0 Å². The van der Waals surface area contributed by atoms with Gasteiger partial charge in [-0.3, -0.25) is 0 Å². The number of halogens is 4. The van der Waals surface area contributed by atoms with Crippen molar-refractivity contribution in [1.29, 1.82) is 5.26 Å². The van der Waals surface area contributed by atoms with Gasteiger partial charge in [0.25, 0.3) is 0 Å². The van der Waals surface area contributed by atoms with Gasteiger partial charge in [0.1, 0.15) is 11.9 Å². The van der Waals surface area contributed by atoms with E-state index in [9.17, 15) is 13.2 Å². The summed E-state index contributed by atoms with van der Waals surface area (Å²) in [6.45, 7) is -0.0460. The molecule has 36 heavy (non-hydrogen) atoms. The Morgan fingerprint density at radius 3 is 2.39 bits per heavy atom. The highest BCUT2D eigenvalue weighted by atomic mass is 35.5. The van der Waals surface area contributed by atoms with E-state index in [0.29, 0.717) is 32.9 Å². The molecular formula is C28H23ClF3N3O. The number of hydrogen-bond acceptors (Lipinski definition) is 3. The maximum absolute atomic E-state index is 14.7. The summed E-state index contributed by atoms with van der Waals surface area (Å²) in [4.78, 5) is 0. The van der Waals surface area contributed by atoms with Gasteiger partial charge in [-0.15, -0.1) is 0 Å². The van der Waals surface area contributed by atoms with Crippen molar-refractivity contribution in [1.82, 2.24) is 9.78 Å². The summed E-state index contributed by atoms with van der Waals surface area (Å²) in [5.74, 6) is -2.40. The quantitative estimate of drug-likeness (QED) is 0.266. The Balaban J connectivity index is 1.63. The molecule has 184 valence electrons. The van der Waals surface area contributed by atoms with Crippen LogP contribution in [0, 0.1) is 34.7 Å². The van der Waals surface area contributed by atoms with E-state index < -0.39 is 23.6 Å². The van der Waals surface area contributed by atoms with Crippen molar-refractivity contribution in [3.63, 3.8) is 0 Å². The van der Waals surface area contributed by atoms with Crippen molar-refractivity contribution >= 4 is 22.5 Å². The summed E-state index contributed by atoms with van der Waals surface area (Å²) in [5.41, 5.74) is 2.10. The third-order valence-electron chi connectivity index (χ3n) is 6.77. The van der Waals surface area contributed by atoms with Gasteiger partial charge in [-0.2, -0.15) is 10.4 Å². The van der Waals surface area contributed by atoms with Gasteiger partial charge in [0.05, 0.1) is 35.1 Å². The second kappa shape index (κ2) is 10.3. The number of ether oxygens (including phenoxy) is 1. The highest BCUT2D eigenvalue weighted by Gasteiger charge is 2.32. The number of benzene rings is 3. The van der Waals surface area contributed by atoms with Gasteiger partial charge in [0.2, 0.25) is 0 Å². The Kier molecular flexibility index (Phi) is 6.99. The lowest BCUT2D eigenvalue weighted by Crippen LogP contribution is -2.22. The van der Waals surface area contributed by atoms with E-state index in [1.54, 1.807) is 35.0 Å². The smallest absolute Gasteiger partial charge is 0.161 e. The van der Waals surface area contributed by atoms with E-state index in [1.165, 1.54) is 12.1 Å². The van der Waals surface area contributed by atoms with Crippen molar-refractivity contribution in [3.8, 4) is 11.8 Å². The molecule has 4 nitrogen and oxygen atoms in total. The molecule has 5 rings (SSSR count). The van der Waals surface area contributed by atoms with E-state index in [0.717, 1.165) is 44.2 Å². The first-order valence-electron chi connectivity index (χ1n) is 11.9. The van der Waals surface area contributed by atoms with E-state index in [1.807, 2.05) is 6.07 Å². The molecule has 0 radical (unpaired) electrons. The summed E-state index contributed by atoms with van der Waals surface area (Å²) < 4.78 is 51.3. The molecule has 1 fully saturated rings. The molecule has 0 bridgehead atoms. The number of nitrogens with zero attached hydrogens (tertiary/aromatic N) is 3. The normalized spacial score (nSPS) is 15.2. The second-order valence-electron chi connectivity index (χ2n) is 9.10. The second-order valence-corrected chi connectivity index (χ2v) is 9.54. The molecule has 1 atom stereocenters. The fraction of sp³-hybridized carbons (Fsp3) is 0.286. The van der Waals surface area contributed by atoms with Crippen molar-refractivity contribution in [2.24, 2.45) is 5.92 Å². The molecule has 1 aliphatic carbocycles. The Morgan fingerprint density at radius 2 is 1.69 bits per heavy atom. The van der Waals surface area contributed by atoms with Crippen LogP contribution in [0.5, 0.6) is 0 Å². The van der Waals surface area contributed by atoms with Crippen molar-refractivity contribution < 1.29 is 17.9 Å². The number of fused-ring (bicyclic) bond motifs is 1. The molecule has 0 aliphatic heterocycles. The Hall–Kier alpha value is -3.34. The summed E-state index contributed by atoms with van der Waals surface area (Å²) in [7, 11) is 0. The van der Waals surface area contributed by atoms with Gasteiger partial charge < -0.3 is 4.74 Å². The van der Waals surface area contributed by atoms with Crippen LogP contribution in [0.15, 0.2) is 54.6 Å². The first-order chi connectivity index (χ1) is 17.4. The van der Waals surface area contributed by atoms with Gasteiger partial charge in [-0.25, -0.2) is 17.9 Å². The highest BCUT2D eigenvalue weighted by Crippen LogP contribution is 2.41. The zero-order valence-electron chi connectivity index (χ0n) is 19.4. The van der Waals surface area contributed by atoms with E-state index in [4.69, 9.17) is 21.6 Å². The third kappa shape index (κ3) is 4.84. The van der Waals surface area contributed by atoms with E-state index in [-0.39, 0.29) is 18.1 Å². The molecule has 1 aliphatic rings. The fourth-order valence-corrected chi connectivity index (χ4v) is 5.07. The number of hydrogen-bond donors (Lipinski definition) is 0. The van der Waals surface area contributed by atoms with Crippen molar-refractivity contribution in [2.75, 3.05) is 0 Å². The zero-order chi connectivity index (χ0) is 25.2. The molecule has 1 saturated carbocycles. The predicted octanol–water partition coefficient (Wildman–Crippen LogP) is 7.81. The van der Waals surface area contributed by atoms with E-state index >= 15 is 0 Å². The summed E-state index contributed by atoms with van der Waals surface area (Å²) in [6.07, 6.45) is 4.38. The van der Waals surface area contributed by atoms with Crippen LogP contribution in [0.25, 0.3) is 16.6 Å². The molecule has 4 aromatic rings. The largest absolute Gasteiger partial charge is 0.367 e. The molecule has 8 heteroatoms. The maximum Gasteiger partial charge on any atom is 0.161 e. The molecule has 0 spiro atoms. The molecule has 1 heterocycles. The molecule has 0 N–H and O–H groups in total. The Labute approximate surface area is 211 Å². The predicted molar refractivity (Wildman–Crippen MR) is 131 cm³/mol. The molecule has 3 aromatic carbocycles. The molecular weight excluding hydrogens is 487 g/mol. The van der Waals surface area contributed by atoms with Gasteiger partial charge in [0.15, 0.2) is 11.6 Å². The number of aromatic nitrogens is 2. The van der Waals surface area contributed by atoms with Crippen LogP contribution in [0.2, 0.25) is 5.02 Å². The average molecular weight is 510 g/mol. The monoisotopic (exact) mass is 509 g/mol. The fourth-order valence-electron chi connectivity index (χ4n) is 4.94. The van der Waals surface area contributed by atoms with Gasteiger partial charge in [-0.05, 0) is 61.2 Å². The summed E-state index contributed by atoms with van der Waals surface area (Å²) in [6, 6.07) is 15.4. The Bertz CT molecular complexity index is 1440. The third-order valence-corrected chi connectivity index (χ3v) is 7.02. The van der Waals surface area contributed by atoms with Gasteiger partial charge >= 0.3 is 0 Å². The number of rotatable bonds is 6. The lowest BCUT2D eigenvalue weighted by Gasteiger charge is -2.31. The lowest BCUT2D eigenvalue weighted by molar-refractivity contribution is -0.0165. The van der Waals surface area contributed by atoms with Crippen LogP contribution >= 0.6 is 11.6 Å². The van der Waals surface area contributed by atoms with Crippen molar-refractivity contribution in [2.45, 2.75) is 44.8 Å². The first kappa shape index (κ1) is 24.4. The zero-order valence-corrected chi connectivity index (χ0v) is 20.1. The molecule has 0 amide bonds. The summed E-state index contributed by atoms with van der Waals surface area (Å²) >= 11 is 6.09. The summed E-state index contributed by atoms with van der Waals surface area (Å²) in [5, 5.41) is 14.6. The lowest BCUT2D eigenvalue weighted by atomic mass is 9.83. The van der Waals surface area contributed by atoms with E-state index in [2.05, 4.69) is 5.10 Å². The minimum atomic E-state index is -0.982. The van der Waals surface area contributed by atoms with Crippen molar-refractivity contribution in [3.05, 3.63) is 93.9 Å². The molecule has 0 saturated heterocycles. The van der Waals surface area contributed by atoms with Gasteiger partial charge in [-0.1, -0.05) is 36.9 Å². The van der Waals surface area contributed by atoms with Crippen LogP contribution in [-0.2, 0) is 11.3 Å².